The first-order chi connectivity index (χ1) is 17.9. The number of nitriles is 1. The number of anilines is 1. The molecule has 182 valence electrons. The first kappa shape index (κ1) is 23.2. The molecule has 0 saturated heterocycles. The Bertz CT molecular complexity index is 1670. The Balaban J connectivity index is 1.62. The van der Waals surface area contributed by atoms with Crippen molar-refractivity contribution in [3.63, 3.8) is 0 Å². The van der Waals surface area contributed by atoms with Gasteiger partial charge in [-0.3, -0.25) is 4.79 Å². The zero-order chi connectivity index (χ0) is 25.9. The lowest BCUT2D eigenvalue weighted by Gasteiger charge is -2.33. The Morgan fingerprint density at radius 1 is 1.08 bits per heavy atom. The number of ether oxygens (including phenoxy) is 1. The minimum absolute atomic E-state index is 0.0258. The lowest BCUT2D eigenvalue weighted by molar-refractivity contribution is -0.121. The molecule has 0 fully saturated rings. The maximum absolute atomic E-state index is 14.6. The Hall–Kier alpha value is -4.25. The Kier molecular flexibility index (Phi) is 5.27. The highest BCUT2D eigenvalue weighted by Crippen LogP contribution is 2.56. The third-order valence-electron chi connectivity index (χ3n) is 6.84. The van der Waals surface area contributed by atoms with Crippen molar-refractivity contribution in [2.45, 2.75) is 18.9 Å². The second kappa shape index (κ2) is 8.41. The molecule has 1 atom stereocenters. The van der Waals surface area contributed by atoms with Gasteiger partial charge in [0.1, 0.15) is 17.1 Å². The first-order valence-electron chi connectivity index (χ1n) is 11.5. The molecular weight excluding hydrogens is 509 g/mol. The molecule has 6 rings (SSSR count). The van der Waals surface area contributed by atoms with Crippen LogP contribution in [-0.4, -0.2) is 15.7 Å². The minimum Gasteiger partial charge on any atom is -0.422 e. The number of para-hydroxylation sites is 2. The fraction of sp³-hybridized carbons (Fsp3) is 0.107. The normalized spacial score (nSPS) is 18.0. The van der Waals surface area contributed by atoms with E-state index in [0.717, 1.165) is 5.69 Å². The number of rotatable bonds is 3. The van der Waals surface area contributed by atoms with E-state index in [1.54, 1.807) is 34.7 Å². The molecule has 1 amide bonds. The average Bonchev–Trinajstić information content (AvgIpc) is 3.34. The van der Waals surface area contributed by atoms with Crippen LogP contribution in [0.3, 0.4) is 0 Å². The highest BCUT2D eigenvalue weighted by molar-refractivity contribution is 6.35. The van der Waals surface area contributed by atoms with Gasteiger partial charge < -0.3 is 15.4 Å². The van der Waals surface area contributed by atoms with E-state index in [1.165, 1.54) is 0 Å². The van der Waals surface area contributed by atoms with Gasteiger partial charge in [-0.2, -0.15) is 10.4 Å². The monoisotopic (exact) mass is 527 g/mol. The number of benzene rings is 3. The van der Waals surface area contributed by atoms with Gasteiger partial charge in [-0.05, 0) is 42.8 Å². The maximum atomic E-state index is 14.6. The van der Waals surface area contributed by atoms with Gasteiger partial charge >= 0.3 is 0 Å². The number of carbonyl (C=O) groups is 1. The molecule has 2 aliphatic heterocycles. The number of nitrogens with zero attached hydrogens (tertiary/aromatic N) is 4. The Morgan fingerprint density at radius 2 is 1.81 bits per heavy atom. The van der Waals surface area contributed by atoms with Gasteiger partial charge in [-0.25, -0.2) is 4.68 Å². The standard InChI is InChI=1S/C28H19Cl2N5O2/c1-16-24-26(35(33-16)19-7-3-2-4-8-19)37-25(32)21(14-31)28(24)20-9-5-6-10-23(20)34(27(28)36)15-17-11-12-18(29)13-22(17)30/h2-13H,15,32H2,1H3/t28-/m1/s1. The van der Waals surface area contributed by atoms with Gasteiger partial charge in [0.2, 0.25) is 17.7 Å². The lowest BCUT2D eigenvalue weighted by Crippen LogP contribution is -2.46. The zero-order valence-electron chi connectivity index (χ0n) is 19.6. The molecule has 3 heterocycles. The molecule has 0 saturated carbocycles. The van der Waals surface area contributed by atoms with Gasteiger partial charge in [0.25, 0.3) is 0 Å². The van der Waals surface area contributed by atoms with Crippen molar-refractivity contribution in [1.29, 1.82) is 5.26 Å². The molecular formula is C28H19Cl2N5O2. The molecule has 37 heavy (non-hydrogen) atoms. The highest BCUT2D eigenvalue weighted by Gasteiger charge is 2.61. The van der Waals surface area contributed by atoms with Crippen LogP contribution in [0.25, 0.3) is 5.69 Å². The smallest absolute Gasteiger partial charge is 0.248 e. The summed E-state index contributed by atoms with van der Waals surface area (Å²) in [6, 6.07) is 24.1. The Morgan fingerprint density at radius 3 is 2.54 bits per heavy atom. The summed E-state index contributed by atoms with van der Waals surface area (Å²) in [4.78, 5) is 16.2. The summed E-state index contributed by atoms with van der Waals surface area (Å²) in [5, 5.41) is 16.0. The van der Waals surface area contributed by atoms with Crippen LogP contribution in [0.2, 0.25) is 10.0 Å². The third kappa shape index (κ3) is 3.20. The van der Waals surface area contributed by atoms with Gasteiger partial charge in [0.05, 0.1) is 23.5 Å². The summed E-state index contributed by atoms with van der Waals surface area (Å²) in [6.07, 6.45) is 0. The van der Waals surface area contributed by atoms with E-state index in [1.807, 2.05) is 54.6 Å². The van der Waals surface area contributed by atoms with E-state index in [4.69, 9.17) is 38.8 Å². The van der Waals surface area contributed by atoms with Crippen molar-refractivity contribution in [3.05, 3.63) is 117 Å². The van der Waals surface area contributed by atoms with E-state index in [-0.39, 0.29) is 23.9 Å². The van der Waals surface area contributed by atoms with Crippen molar-refractivity contribution >= 4 is 34.8 Å². The number of nitrogens with two attached hydrogens (primary N) is 1. The number of fused-ring (bicyclic) bond motifs is 4. The number of amides is 1. The number of hydrogen-bond acceptors (Lipinski definition) is 5. The predicted molar refractivity (Wildman–Crippen MR) is 141 cm³/mol. The van der Waals surface area contributed by atoms with Crippen LogP contribution in [0.5, 0.6) is 5.88 Å². The van der Waals surface area contributed by atoms with Crippen LogP contribution < -0.4 is 15.4 Å². The molecule has 1 aromatic heterocycles. The van der Waals surface area contributed by atoms with Crippen molar-refractivity contribution in [2.75, 3.05) is 4.90 Å². The number of aromatic nitrogens is 2. The van der Waals surface area contributed by atoms with Crippen LogP contribution in [0, 0.1) is 18.3 Å². The number of halogens is 2. The number of carbonyl (C=O) groups excluding carboxylic acids is 1. The van der Waals surface area contributed by atoms with E-state index < -0.39 is 5.41 Å². The summed E-state index contributed by atoms with van der Waals surface area (Å²) in [5.74, 6) is -0.171. The molecule has 2 N–H and O–H groups in total. The molecule has 0 bridgehead atoms. The molecule has 0 unspecified atom stereocenters. The molecule has 7 nitrogen and oxygen atoms in total. The van der Waals surface area contributed by atoms with Gasteiger partial charge in [0, 0.05) is 21.3 Å². The van der Waals surface area contributed by atoms with Gasteiger partial charge in [0.15, 0.2) is 0 Å². The lowest BCUT2D eigenvalue weighted by atomic mass is 9.69. The first-order valence-corrected chi connectivity index (χ1v) is 12.2. The summed E-state index contributed by atoms with van der Waals surface area (Å²) in [6.45, 7) is 1.97. The van der Waals surface area contributed by atoms with Crippen LogP contribution in [-0.2, 0) is 16.8 Å². The fourth-order valence-electron chi connectivity index (χ4n) is 5.29. The van der Waals surface area contributed by atoms with Crippen LogP contribution in [0.4, 0.5) is 5.69 Å². The van der Waals surface area contributed by atoms with E-state index in [9.17, 15) is 10.1 Å². The van der Waals surface area contributed by atoms with Crippen LogP contribution in [0.1, 0.15) is 22.4 Å². The van der Waals surface area contributed by atoms with Crippen molar-refractivity contribution < 1.29 is 9.53 Å². The van der Waals surface area contributed by atoms with Crippen LogP contribution in [0.15, 0.2) is 84.3 Å². The Labute approximate surface area is 222 Å². The van der Waals surface area contributed by atoms with Gasteiger partial charge in [-0.15, -0.1) is 0 Å². The molecule has 0 radical (unpaired) electrons. The van der Waals surface area contributed by atoms with Gasteiger partial charge in [-0.1, -0.05) is 65.7 Å². The van der Waals surface area contributed by atoms with Crippen molar-refractivity contribution in [3.8, 4) is 17.6 Å². The SMILES string of the molecule is Cc1nn(-c2ccccc2)c2c1[C@]1(C(=O)N(Cc3ccc(Cl)cc3Cl)c3ccccc31)C(C#N)=C(N)O2. The van der Waals surface area contributed by atoms with E-state index >= 15 is 0 Å². The van der Waals surface area contributed by atoms with E-state index in [0.29, 0.717) is 44.0 Å². The summed E-state index contributed by atoms with van der Waals surface area (Å²) in [7, 11) is 0. The maximum Gasteiger partial charge on any atom is 0.248 e. The van der Waals surface area contributed by atoms with Crippen LogP contribution >= 0.6 is 23.2 Å². The second-order valence-electron chi connectivity index (χ2n) is 8.86. The molecule has 0 aliphatic carbocycles. The highest BCUT2D eigenvalue weighted by atomic mass is 35.5. The number of aryl methyl sites for hydroxylation is 1. The zero-order valence-corrected chi connectivity index (χ0v) is 21.1. The quantitative estimate of drug-likeness (QED) is 0.384. The summed E-state index contributed by atoms with van der Waals surface area (Å²) < 4.78 is 7.62. The minimum atomic E-state index is -1.53. The summed E-state index contributed by atoms with van der Waals surface area (Å²) >= 11 is 12.6. The molecule has 3 aromatic carbocycles. The second-order valence-corrected chi connectivity index (χ2v) is 9.70. The summed E-state index contributed by atoms with van der Waals surface area (Å²) in [5.41, 5.74) is 8.63. The molecule has 4 aromatic rings. The molecule has 1 spiro atoms. The molecule has 2 aliphatic rings. The average molecular weight is 528 g/mol. The van der Waals surface area contributed by atoms with Crippen molar-refractivity contribution in [1.82, 2.24) is 9.78 Å². The largest absolute Gasteiger partial charge is 0.422 e. The molecule has 9 heteroatoms. The third-order valence-corrected chi connectivity index (χ3v) is 7.43. The van der Waals surface area contributed by atoms with Crippen molar-refractivity contribution in [2.24, 2.45) is 5.73 Å². The number of hydrogen-bond donors (Lipinski definition) is 1. The van der Waals surface area contributed by atoms with E-state index in [2.05, 4.69) is 6.07 Å². The predicted octanol–water partition coefficient (Wildman–Crippen LogP) is 5.41. The topological polar surface area (TPSA) is 97.2 Å². The fourth-order valence-corrected chi connectivity index (χ4v) is 5.76.